The second-order valence-corrected chi connectivity index (χ2v) is 4.44. The molecule has 6 nitrogen and oxygen atoms in total. The molecule has 0 saturated carbocycles. The summed E-state index contributed by atoms with van der Waals surface area (Å²) in [6, 6.07) is -0.946. The molecule has 0 aliphatic heterocycles. The molecule has 18 heavy (non-hydrogen) atoms. The number of carbonyl (C=O) groups is 2. The average Bonchev–Trinajstić information content (AvgIpc) is 2.24. The van der Waals surface area contributed by atoms with E-state index < -0.39 is 23.7 Å². The number of nitrogens with one attached hydrogen (secondary N) is 1. The number of esters is 1. The molecule has 0 heterocycles. The fourth-order valence-corrected chi connectivity index (χ4v) is 0.996. The first kappa shape index (κ1) is 16.3. The third-order valence-electron chi connectivity index (χ3n) is 1.65. The Hall–Kier alpha value is -1.74. The van der Waals surface area contributed by atoms with Crippen LogP contribution in [-0.4, -0.2) is 44.0 Å². The molecule has 0 aromatic rings. The predicted molar refractivity (Wildman–Crippen MR) is 64.8 cm³/mol. The molecule has 0 rings (SSSR count). The van der Waals surface area contributed by atoms with Crippen LogP contribution in [0.1, 0.15) is 20.8 Å². The smallest absolute Gasteiger partial charge is 0.408 e. The van der Waals surface area contributed by atoms with Gasteiger partial charge in [-0.25, -0.2) is 9.59 Å². The molecule has 0 radical (unpaired) electrons. The van der Waals surface area contributed by atoms with E-state index in [1.165, 1.54) is 7.11 Å². The third-order valence-corrected chi connectivity index (χ3v) is 1.65. The zero-order chi connectivity index (χ0) is 14.2. The van der Waals surface area contributed by atoms with Crippen LogP contribution in [0.25, 0.3) is 0 Å². The molecule has 0 aliphatic carbocycles. The van der Waals surface area contributed by atoms with Crippen LogP contribution >= 0.6 is 0 Å². The minimum absolute atomic E-state index is 0.0451. The van der Waals surface area contributed by atoms with Gasteiger partial charge in [0.2, 0.25) is 0 Å². The predicted octanol–water partition coefficient (Wildman–Crippen LogP) is 0.702. The van der Waals surface area contributed by atoms with E-state index in [9.17, 15) is 9.59 Å². The number of methoxy groups -OCH3 is 1. The first-order valence-corrected chi connectivity index (χ1v) is 5.38. The summed E-state index contributed by atoms with van der Waals surface area (Å²) in [5.41, 5.74) is -0.648. The molecule has 0 aromatic heterocycles. The Labute approximate surface area is 107 Å². The van der Waals surface area contributed by atoms with Gasteiger partial charge in [-0.3, -0.25) is 0 Å². The van der Waals surface area contributed by atoms with Gasteiger partial charge in [-0.05, 0) is 20.8 Å². The van der Waals surface area contributed by atoms with Crippen LogP contribution in [0.3, 0.4) is 0 Å². The van der Waals surface area contributed by atoms with Gasteiger partial charge in [0, 0.05) is 0 Å². The number of hydrogen-bond acceptors (Lipinski definition) is 5. The van der Waals surface area contributed by atoms with Crippen LogP contribution in [0.5, 0.6) is 0 Å². The highest BCUT2D eigenvalue weighted by Crippen LogP contribution is 2.07. The summed E-state index contributed by atoms with van der Waals surface area (Å²) in [6.07, 6.45) is 4.28. The number of rotatable bonds is 5. The highest BCUT2D eigenvalue weighted by Gasteiger charge is 2.25. The van der Waals surface area contributed by atoms with E-state index in [0.29, 0.717) is 0 Å². The summed E-state index contributed by atoms with van der Waals surface area (Å²) in [4.78, 5) is 22.9. The summed E-state index contributed by atoms with van der Waals surface area (Å²) in [6.45, 7) is 5.12. The maximum absolute atomic E-state index is 11.5. The minimum Gasteiger partial charge on any atom is -0.467 e. The summed E-state index contributed by atoms with van der Waals surface area (Å²) in [7, 11) is 1.22. The lowest BCUT2D eigenvalue weighted by molar-refractivity contribution is -0.144. The SMILES string of the molecule is C#CCOCC(NC(=O)OC(C)(C)C)C(=O)OC. The minimum atomic E-state index is -0.946. The molecule has 102 valence electrons. The Kier molecular flexibility index (Phi) is 6.83. The number of amides is 1. The number of hydrogen-bond donors (Lipinski definition) is 1. The van der Waals surface area contributed by atoms with Crippen LogP contribution in [0.4, 0.5) is 4.79 Å². The van der Waals surface area contributed by atoms with Crippen molar-refractivity contribution in [3.05, 3.63) is 0 Å². The molecular weight excluding hydrogens is 238 g/mol. The van der Waals surface area contributed by atoms with E-state index in [0.717, 1.165) is 0 Å². The van der Waals surface area contributed by atoms with Crippen molar-refractivity contribution in [1.29, 1.82) is 0 Å². The second kappa shape index (κ2) is 7.56. The van der Waals surface area contributed by atoms with E-state index in [1.807, 2.05) is 0 Å². The van der Waals surface area contributed by atoms with Crippen LogP contribution in [0, 0.1) is 12.3 Å². The topological polar surface area (TPSA) is 73.9 Å². The van der Waals surface area contributed by atoms with Crippen LogP contribution in [-0.2, 0) is 19.0 Å². The Morgan fingerprint density at radius 1 is 1.39 bits per heavy atom. The molecule has 6 heteroatoms. The van der Waals surface area contributed by atoms with Gasteiger partial charge in [-0.2, -0.15) is 0 Å². The van der Waals surface area contributed by atoms with Crippen molar-refractivity contribution in [2.45, 2.75) is 32.4 Å². The normalized spacial score (nSPS) is 12.2. The molecule has 1 atom stereocenters. The largest absolute Gasteiger partial charge is 0.467 e. The van der Waals surface area contributed by atoms with Crippen LogP contribution < -0.4 is 5.32 Å². The van der Waals surface area contributed by atoms with Gasteiger partial charge in [-0.15, -0.1) is 6.42 Å². The number of ether oxygens (including phenoxy) is 3. The van der Waals surface area contributed by atoms with E-state index in [2.05, 4.69) is 16.0 Å². The Balaban J connectivity index is 4.36. The monoisotopic (exact) mass is 257 g/mol. The van der Waals surface area contributed by atoms with Crippen molar-refractivity contribution < 1.29 is 23.8 Å². The molecule has 0 bridgehead atoms. The Bertz CT molecular complexity index is 326. The molecular formula is C12H19NO5. The van der Waals surface area contributed by atoms with E-state index in [4.69, 9.17) is 15.9 Å². The van der Waals surface area contributed by atoms with Crippen molar-refractivity contribution in [2.24, 2.45) is 0 Å². The molecule has 0 aromatic carbocycles. The van der Waals surface area contributed by atoms with Gasteiger partial charge in [0.25, 0.3) is 0 Å². The molecule has 1 N–H and O–H groups in total. The Morgan fingerprint density at radius 2 is 2.00 bits per heavy atom. The van der Waals surface area contributed by atoms with Gasteiger partial charge in [0.15, 0.2) is 6.04 Å². The lowest BCUT2D eigenvalue weighted by Crippen LogP contribution is -2.46. The van der Waals surface area contributed by atoms with Crippen molar-refractivity contribution >= 4 is 12.1 Å². The lowest BCUT2D eigenvalue weighted by atomic mass is 10.2. The maximum Gasteiger partial charge on any atom is 0.408 e. The summed E-state index contributed by atoms with van der Waals surface area (Å²) >= 11 is 0. The second-order valence-electron chi connectivity index (χ2n) is 4.44. The lowest BCUT2D eigenvalue weighted by Gasteiger charge is -2.22. The van der Waals surface area contributed by atoms with Gasteiger partial charge in [0.05, 0.1) is 13.7 Å². The zero-order valence-corrected chi connectivity index (χ0v) is 11.1. The van der Waals surface area contributed by atoms with Crippen molar-refractivity contribution in [3.63, 3.8) is 0 Å². The summed E-state index contributed by atoms with van der Waals surface area (Å²) in [5, 5.41) is 2.35. The summed E-state index contributed by atoms with van der Waals surface area (Å²) in [5.74, 6) is 1.63. The number of terminal acetylenes is 1. The zero-order valence-electron chi connectivity index (χ0n) is 11.1. The molecule has 0 spiro atoms. The van der Waals surface area contributed by atoms with Gasteiger partial charge in [-0.1, -0.05) is 5.92 Å². The first-order chi connectivity index (χ1) is 8.30. The maximum atomic E-state index is 11.5. The van der Waals surface area contributed by atoms with Crippen molar-refractivity contribution in [3.8, 4) is 12.3 Å². The van der Waals surface area contributed by atoms with Crippen molar-refractivity contribution in [1.82, 2.24) is 5.32 Å². The number of alkyl carbamates (subject to hydrolysis) is 1. The molecule has 1 unspecified atom stereocenters. The molecule has 0 aliphatic rings. The molecule has 1 amide bonds. The highest BCUT2D eigenvalue weighted by atomic mass is 16.6. The summed E-state index contributed by atoms with van der Waals surface area (Å²) < 4.78 is 14.5. The molecule has 0 saturated heterocycles. The molecule has 0 fully saturated rings. The van der Waals surface area contributed by atoms with Crippen LogP contribution in [0.15, 0.2) is 0 Å². The van der Waals surface area contributed by atoms with Crippen LogP contribution in [0.2, 0.25) is 0 Å². The number of carbonyl (C=O) groups excluding carboxylic acids is 2. The fourth-order valence-electron chi connectivity index (χ4n) is 0.996. The highest BCUT2D eigenvalue weighted by molar-refractivity contribution is 5.81. The van der Waals surface area contributed by atoms with Gasteiger partial charge >= 0.3 is 12.1 Å². The van der Waals surface area contributed by atoms with Gasteiger partial charge in [0.1, 0.15) is 12.2 Å². The third kappa shape index (κ3) is 7.52. The van der Waals surface area contributed by atoms with Gasteiger partial charge < -0.3 is 19.5 Å². The average molecular weight is 257 g/mol. The quantitative estimate of drug-likeness (QED) is 0.446. The van der Waals surface area contributed by atoms with E-state index in [1.54, 1.807) is 20.8 Å². The van der Waals surface area contributed by atoms with Crippen molar-refractivity contribution in [2.75, 3.05) is 20.3 Å². The first-order valence-electron chi connectivity index (χ1n) is 5.38. The fraction of sp³-hybridized carbons (Fsp3) is 0.667. The standard InChI is InChI=1S/C12H19NO5/c1-6-7-17-8-9(10(14)16-5)13-11(15)18-12(2,3)4/h1,9H,7-8H2,2-5H3,(H,13,15). The Morgan fingerprint density at radius 3 is 2.44 bits per heavy atom. The van der Waals surface area contributed by atoms with E-state index in [-0.39, 0.29) is 13.2 Å². The van der Waals surface area contributed by atoms with E-state index >= 15 is 0 Å².